The Balaban J connectivity index is 3.53. The van der Waals surface area contributed by atoms with E-state index in [4.69, 9.17) is 6.42 Å². The average Bonchev–Trinajstić information content (AvgIpc) is 2.24. The Morgan fingerprint density at radius 3 is 1.69 bits per heavy atom. The largest absolute Gasteiger partial charge is 0.293 e. The zero-order valence-corrected chi connectivity index (χ0v) is 7.58. The van der Waals surface area contributed by atoms with Gasteiger partial charge in [0, 0.05) is 0 Å². The minimum absolute atomic E-state index is 0.752. The second kappa shape index (κ2) is 4.31. The first-order chi connectivity index (χ1) is 7.41. The number of hydrogen-bond acceptors (Lipinski definition) is 1. The number of hydrogen-bond donors (Lipinski definition) is 0. The number of ketones is 1. The molecule has 0 aliphatic carbocycles. The first-order valence-corrected chi connectivity index (χ1v) is 3.89. The standard InChI is InChI=1S/C10H3F5O/c1-2-3-4(16)5-6(11)8(13)10(15)9(14)7(5)12/h1H,3H2. The molecule has 0 spiro atoms. The van der Waals surface area contributed by atoms with E-state index in [1.165, 1.54) is 0 Å². The van der Waals surface area contributed by atoms with Crippen LogP contribution in [0.25, 0.3) is 0 Å². The Labute approximate surface area is 86.9 Å². The second-order valence-electron chi connectivity index (χ2n) is 2.75. The molecule has 0 aliphatic heterocycles. The Hall–Kier alpha value is -1.90. The van der Waals surface area contributed by atoms with Crippen LogP contribution in [0.2, 0.25) is 0 Å². The van der Waals surface area contributed by atoms with Crippen LogP contribution in [0.1, 0.15) is 16.8 Å². The maximum Gasteiger partial charge on any atom is 0.200 e. The highest BCUT2D eigenvalue weighted by Gasteiger charge is 2.28. The lowest BCUT2D eigenvalue weighted by atomic mass is 10.1. The summed E-state index contributed by atoms with van der Waals surface area (Å²) in [6.07, 6.45) is 3.94. The van der Waals surface area contributed by atoms with E-state index >= 15 is 0 Å². The van der Waals surface area contributed by atoms with Crippen molar-refractivity contribution in [3.05, 3.63) is 34.6 Å². The van der Waals surface area contributed by atoms with Gasteiger partial charge in [-0.3, -0.25) is 4.79 Å². The number of Topliss-reactive ketones (excluding diaryl/α,β-unsaturated/α-hetero) is 1. The monoisotopic (exact) mass is 234 g/mol. The number of benzene rings is 1. The molecule has 16 heavy (non-hydrogen) atoms. The minimum Gasteiger partial charge on any atom is -0.293 e. The predicted octanol–water partition coefficient (Wildman–Crippen LogP) is 2.59. The van der Waals surface area contributed by atoms with Crippen LogP contribution in [0.4, 0.5) is 22.0 Å². The Kier molecular flexibility index (Phi) is 3.28. The summed E-state index contributed by atoms with van der Waals surface area (Å²) < 4.78 is 63.8. The predicted molar refractivity (Wildman–Crippen MR) is 44.0 cm³/mol. The number of rotatable bonds is 2. The quantitative estimate of drug-likeness (QED) is 0.253. The lowest BCUT2D eigenvalue weighted by Crippen LogP contribution is -2.12. The van der Waals surface area contributed by atoms with E-state index in [9.17, 15) is 26.7 Å². The van der Waals surface area contributed by atoms with Crippen molar-refractivity contribution in [1.29, 1.82) is 0 Å². The van der Waals surface area contributed by atoms with Crippen molar-refractivity contribution < 1.29 is 26.7 Å². The van der Waals surface area contributed by atoms with E-state index in [1.807, 2.05) is 0 Å². The van der Waals surface area contributed by atoms with Gasteiger partial charge in [-0.05, 0) is 0 Å². The molecule has 0 amide bonds. The highest BCUT2D eigenvalue weighted by molar-refractivity contribution is 5.98. The molecule has 0 aliphatic rings. The first-order valence-electron chi connectivity index (χ1n) is 3.89. The van der Waals surface area contributed by atoms with Crippen LogP contribution in [0, 0.1) is 41.4 Å². The molecule has 0 bridgehead atoms. The van der Waals surface area contributed by atoms with Gasteiger partial charge in [0.25, 0.3) is 0 Å². The van der Waals surface area contributed by atoms with E-state index < -0.39 is 46.9 Å². The zero-order chi connectivity index (χ0) is 12.5. The number of halogens is 5. The summed E-state index contributed by atoms with van der Waals surface area (Å²) in [5, 5.41) is 0. The smallest absolute Gasteiger partial charge is 0.200 e. The lowest BCUT2D eigenvalue weighted by Gasteiger charge is -2.05. The van der Waals surface area contributed by atoms with Crippen LogP contribution in [-0.4, -0.2) is 5.78 Å². The molecule has 1 nitrogen and oxygen atoms in total. The summed E-state index contributed by atoms with van der Waals surface area (Å²) >= 11 is 0. The molecule has 1 aromatic rings. The van der Waals surface area contributed by atoms with Gasteiger partial charge in [0.2, 0.25) is 5.82 Å². The SMILES string of the molecule is C#CCC(=O)c1c(F)c(F)c(F)c(F)c1F. The second-order valence-corrected chi connectivity index (χ2v) is 2.75. The van der Waals surface area contributed by atoms with Crippen LogP contribution in [0.3, 0.4) is 0 Å². The summed E-state index contributed by atoms with van der Waals surface area (Å²) in [4.78, 5) is 11.0. The van der Waals surface area contributed by atoms with E-state index in [1.54, 1.807) is 5.92 Å². The first kappa shape index (κ1) is 12.2. The fourth-order valence-electron chi connectivity index (χ4n) is 1.03. The van der Waals surface area contributed by atoms with E-state index in [0.717, 1.165) is 0 Å². The van der Waals surface area contributed by atoms with Gasteiger partial charge in [-0.1, -0.05) is 5.92 Å². The third-order valence-electron chi connectivity index (χ3n) is 1.75. The molecule has 84 valence electrons. The Morgan fingerprint density at radius 2 is 1.31 bits per heavy atom. The van der Waals surface area contributed by atoms with Gasteiger partial charge in [0.05, 0.1) is 12.0 Å². The number of terminal acetylenes is 1. The molecule has 0 radical (unpaired) electrons. The van der Waals surface area contributed by atoms with Gasteiger partial charge in [0.1, 0.15) is 0 Å². The van der Waals surface area contributed by atoms with Gasteiger partial charge in [-0.25, -0.2) is 22.0 Å². The summed E-state index contributed by atoms with van der Waals surface area (Å²) in [5.74, 6) is -10.6. The molecule has 0 heterocycles. The van der Waals surface area contributed by atoms with Crippen molar-refractivity contribution in [2.75, 3.05) is 0 Å². The molecule has 0 atom stereocenters. The molecular formula is C10H3F5O. The third-order valence-corrected chi connectivity index (χ3v) is 1.75. The molecule has 0 aromatic heterocycles. The van der Waals surface area contributed by atoms with Crippen LogP contribution >= 0.6 is 0 Å². The van der Waals surface area contributed by atoms with Crippen molar-refractivity contribution in [3.63, 3.8) is 0 Å². The Morgan fingerprint density at radius 1 is 0.938 bits per heavy atom. The zero-order valence-electron chi connectivity index (χ0n) is 7.58. The number of carbonyl (C=O) groups is 1. The molecular weight excluding hydrogens is 231 g/mol. The van der Waals surface area contributed by atoms with Gasteiger partial charge in [-0.2, -0.15) is 0 Å². The normalized spacial score (nSPS) is 10.0. The molecule has 1 rings (SSSR count). The van der Waals surface area contributed by atoms with Crippen LogP contribution in [0.5, 0.6) is 0 Å². The molecule has 0 saturated heterocycles. The van der Waals surface area contributed by atoms with Crippen molar-refractivity contribution >= 4 is 5.78 Å². The molecule has 0 saturated carbocycles. The Bertz CT molecular complexity index is 472. The lowest BCUT2D eigenvalue weighted by molar-refractivity contribution is 0.0987. The van der Waals surface area contributed by atoms with Gasteiger partial charge >= 0.3 is 0 Å². The van der Waals surface area contributed by atoms with Crippen LogP contribution in [-0.2, 0) is 0 Å². The van der Waals surface area contributed by atoms with Crippen molar-refractivity contribution in [2.45, 2.75) is 6.42 Å². The van der Waals surface area contributed by atoms with Crippen molar-refractivity contribution in [1.82, 2.24) is 0 Å². The van der Waals surface area contributed by atoms with Crippen LogP contribution < -0.4 is 0 Å². The summed E-state index contributed by atoms with van der Waals surface area (Å²) in [6.45, 7) is 0. The van der Waals surface area contributed by atoms with Crippen LogP contribution in [0.15, 0.2) is 0 Å². The highest BCUT2D eigenvalue weighted by Crippen LogP contribution is 2.23. The summed E-state index contributed by atoms with van der Waals surface area (Å²) in [7, 11) is 0. The van der Waals surface area contributed by atoms with Gasteiger partial charge in [-0.15, -0.1) is 6.42 Å². The number of carbonyl (C=O) groups excluding carboxylic acids is 1. The molecule has 0 N–H and O–H groups in total. The minimum atomic E-state index is -2.31. The molecule has 0 unspecified atom stereocenters. The summed E-state index contributed by atoms with van der Waals surface area (Å²) in [6, 6.07) is 0. The third kappa shape index (κ3) is 1.76. The van der Waals surface area contributed by atoms with Crippen molar-refractivity contribution in [3.8, 4) is 12.3 Å². The molecule has 1 aromatic carbocycles. The van der Waals surface area contributed by atoms with E-state index in [2.05, 4.69) is 0 Å². The van der Waals surface area contributed by atoms with E-state index in [0.29, 0.717) is 0 Å². The van der Waals surface area contributed by atoms with Gasteiger partial charge in [0.15, 0.2) is 29.1 Å². The fraction of sp³-hybridized carbons (Fsp3) is 0.100. The topological polar surface area (TPSA) is 17.1 Å². The summed E-state index contributed by atoms with van der Waals surface area (Å²) in [5.41, 5.74) is -1.51. The van der Waals surface area contributed by atoms with Crippen molar-refractivity contribution in [2.24, 2.45) is 0 Å². The van der Waals surface area contributed by atoms with E-state index in [-0.39, 0.29) is 0 Å². The molecule has 0 fully saturated rings. The average molecular weight is 234 g/mol. The van der Waals surface area contributed by atoms with Gasteiger partial charge < -0.3 is 0 Å². The highest BCUT2D eigenvalue weighted by atomic mass is 19.2. The maximum absolute atomic E-state index is 13.0. The fourth-order valence-corrected chi connectivity index (χ4v) is 1.03. The molecule has 6 heteroatoms. The maximum atomic E-state index is 13.0.